The molecule has 1 aliphatic carbocycles. The number of ether oxygens (including phenoxy) is 1. The topological polar surface area (TPSA) is 74.9 Å². The lowest BCUT2D eigenvalue weighted by molar-refractivity contribution is -0.0352. The number of hydrogen-bond donors (Lipinski definition) is 2. The van der Waals surface area contributed by atoms with Gasteiger partial charge in [-0.05, 0) is 19.3 Å². The van der Waals surface area contributed by atoms with Gasteiger partial charge in [0.2, 0.25) is 0 Å². The summed E-state index contributed by atoms with van der Waals surface area (Å²) in [6.07, 6.45) is 8.22. The quantitative estimate of drug-likeness (QED) is 0.549. The van der Waals surface area contributed by atoms with Gasteiger partial charge in [0.25, 0.3) is 0 Å². The molecule has 3 rings (SSSR count). The van der Waals surface area contributed by atoms with Crippen molar-refractivity contribution in [2.75, 3.05) is 39.9 Å². The first-order chi connectivity index (χ1) is 13.7. The van der Waals surface area contributed by atoms with Gasteiger partial charge in [0.1, 0.15) is 5.76 Å². The average Bonchev–Trinajstić information content (AvgIpc) is 3.17. The minimum atomic E-state index is 0.222. The molecule has 1 saturated heterocycles. The van der Waals surface area contributed by atoms with Crippen molar-refractivity contribution in [3.8, 4) is 0 Å². The van der Waals surface area contributed by atoms with Gasteiger partial charge < -0.3 is 19.9 Å². The number of rotatable bonds is 7. The average molecular weight is 392 g/mol. The third-order valence-electron chi connectivity index (χ3n) is 6.31. The molecule has 2 heterocycles. The van der Waals surface area contributed by atoms with E-state index in [1.165, 1.54) is 37.7 Å². The lowest BCUT2D eigenvalue weighted by Gasteiger charge is -2.48. The standard InChI is InChI=1S/C21H37N5O2/c1-4-18-17(19(5-2)28-25-18)15-23-20(22-3)24-16-21(9-7-6-8-10-21)26-11-13-27-14-12-26/h4-16H2,1-3H3,(H2,22,23,24). The molecule has 0 bridgehead atoms. The summed E-state index contributed by atoms with van der Waals surface area (Å²) in [6, 6.07) is 0. The summed E-state index contributed by atoms with van der Waals surface area (Å²) in [5, 5.41) is 11.3. The second kappa shape index (κ2) is 10.3. The van der Waals surface area contributed by atoms with Crippen LogP contribution in [0.15, 0.2) is 9.52 Å². The molecule has 7 heteroatoms. The monoisotopic (exact) mass is 391 g/mol. The highest BCUT2D eigenvalue weighted by Crippen LogP contribution is 2.33. The van der Waals surface area contributed by atoms with E-state index >= 15 is 0 Å². The van der Waals surface area contributed by atoms with Gasteiger partial charge in [0.05, 0.1) is 18.9 Å². The third-order valence-corrected chi connectivity index (χ3v) is 6.31. The van der Waals surface area contributed by atoms with Gasteiger partial charge in [-0.15, -0.1) is 0 Å². The third kappa shape index (κ3) is 4.87. The van der Waals surface area contributed by atoms with Gasteiger partial charge in [0, 0.05) is 50.7 Å². The van der Waals surface area contributed by atoms with E-state index in [0.29, 0.717) is 6.54 Å². The molecule has 0 aromatic carbocycles. The second-order valence-corrected chi connectivity index (χ2v) is 7.90. The van der Waals surface area contributed by atoms with Gasteiger partial charge in [-0.3, -0.25) is 9.89 Å². The molecule has 158 valence electrons. The number of morpholine rings is 1. The minimum absolute atomic E-state index is 0.222. The molecule has 2 N–H and O–H groups in total. The van der Waals surface area contributed by atoms with E-state index in [1.54, 1.807) is 0 Å². The van der Waals surface area contributed by atoms with Gasteiger partial charge in [-0.2, -0.15) is 0 Å². The van der Waals surface area contributed by atoms with E-state index in [1.807, 2.05) is 7.05 Å². The van der Waals surface area contributed by atoms with Crippen molar-refractivity contribution in [2.24, 2.45) is 4.99 Å². The van der Waals surface area contributed by atoms with Crippen molar-refractivity contribution < 1.29 is 9.26 Å². The van der Waals surface area contributed by atoms with Crippen molar-refractivity contribution in [1.29, 1.82) is 0 Å². The lowest BCUT2D eigenvalue weighted by atomic mass is 9.80. The van der Waals surface area contributed by atoms with Crippen molar-refractivity contribution >= 4 is 5.96 Å². The van der Waals surface area contributed by atoms with Crippen molar-refractivity contribution in [1.82, 2.24) is 20.7 Å². The maximum atomic E-state index is 5.59. The predicted molar refractivity (Wildman–Crippen MR) is 112 cm³/mol. The van der Waals surface area contributed by atoms with E-state index in [2.05, 4.69) is 39.5 Å². The molecule has 0 amide bonds. The maximum absolute atomic E-state index is 5.59. The summed E-state index contributed by atoms with van der Waals surface area (Å²) < 4.78 is 11.1. The number of nitrogens with zero attached hydrogens (tertiary/aromatic N) is 3. The lowest BCUT2D eigenvalue weighted by Crippen LogP contribution is -2.60. The highest BCUT2D eigenvalue weighted by Gasteiger charge is 2.38. The zero-order valence-electron chi connectivity index (χ0n) is 17.9. The molecule has 0 unspecified atom stereocenters. The van der Waals surface area contributed by atoms with Crippen LogP contribution in [0.3, 0.4) is 0 Å². The summed E-state index contributed by atoms with van der Waals surface area (Å²) in [5.74, 6) is 1.82. The summed E-state index contributed by atoms with van der Waals surface area (Å²) >= 11 is 0. The van der Waals surface area contributed by atoms with Crippen LogP contribution in [0.2, 0.25) is 0 Å². The zero-order valence-corrected chi connectivity index (χ0v) is 17.9. The number of nitrogens with one attached hydrogen (secondary N) is 2. The molecule has 1 aromatic heterocycles. The Hall–Kier alpha value is -1.60. The van der Waals surface area contributed by atoms with Crippen molar-refractivity contribution in [3.63, 3.8) is 0 Å². The van der Waals surface area contributed by atoms with Gasteiger partial charge >= 0.3 is 0 Å². The van der Waals surface area contributed by atoms with Crippen LogP contribution in [0.1, 0.15) is 63.0 Å². The van der Waals surface area contributed by atoms with E-state index < -0.39 is 0 Å². The van der Waals surface area contributed by atoms with E-state index in [0.717, 1.165) is 63.1 Å². The normalized spacial score (nSPS) is 20.9. The molecule has 2 aliphatic rings. The SMILES string of the molecule is CCc1noc(CC)c1CNC(=NC)NCC1(N2CCOCC2)CCCCC1. The van der Waals surface area contributed by atoms with Crippen LogP contribution in [-0.2, 0) is 24.1 Å². The van der Waals surface area contributed by atoms with Crippen molar-refractivity contribution in [3.05, 3.63) is 17.0 Å². The summed E-state index contributed by atoms with van der Waals surface area (Å²) in [7, 11) is 1.84. The molecule has 1 saturated carbocycles. The fourth-order valence-electron chi connectivity index (χ4n) is 4.63. The number of aliphatic imine (C=N–C) groups is 1. The Kier molecular flexibility index (Phi) is 7.73. The van der Waals surface area contributed by atoms with Crippen LogP contribution in [0.5, 0.6) is 0 Å². The van der Waals surface area contributed by atoms with Crippen LogP contribution in [0, 0.1) is 0 Å². The predicted octanol–water partition coefficient (Wildman–Crippen LogP) is 2.50. The van der Waals surface area contributed by atoms with Gasteiger partial charge in [-0.25, -0.2) is 0 Å². The smallest absolute Gasteiger partial charge is 0.191 e. The summed E-state index contributed by atoms with van der Waals surface area (Å²) in [5.41, 5.74) is 2.44. The van der Waals surface area contributed by atoms with Gasteiger partial charge in [0.15, 0.2) is 5.96 Å². The summed E-state index contributed by atoms with van der Waals surface area (Å²) in [6.45, 7) is 9.61. The molecule has 2 fully saturated rings. The van der Waals surface area contributed by atoms with Crippen molar-refractivity contribution in [2.45, 2.75) is 70.9 Å². The van der Waals surface area contributed by atoms with Crippen LogP contribution in [-0.4, -0.2) is 61.5 Å². The molecule has 28 heavy (non-hydrogen) atoms. The number of hydrogen-bond acceptors (Lipinski definition) is 5. The molecule has 7 nitrogen and oxygen atoms in total. The Morgan fingerprint density at radius 1 is 1.11 bits per heavy atom. The molecule has 1 aromatic rings. The molecule has 0 spiro atoms. The largest absolute Gasteiger partial charge is 0.379 e. The Bertz CT molecular complexity index is 609. The first-order valence-electron chi connectivity index (χ1n) is 11.0. The van der Waals surface area contributed by atoms with E-state index in [9.17, 15) is 0 Å². The Labute approximate surface area is 169 Å². The second-order valence-electron chi connectivity index (χ2n) is 7.90. The maximum Gasteiger partial charge on any atom is 0.191 e. The molecular weight excluding hydrogens is 354 g/mol. The number of aromatic nitrogens is 1. The van der Waals surface area contributed by atoms with Crippen LogP contribution in [0.25, 0.3) is 0 Å². The Morgan fingerprint density at radius 2 is 1.86 bits per heavy atom. The first kappa shape index (κ1) is 21.1. The minimum Gasteiger partial charge on any atom is -0.379 e. The van der Waals surface area contributed by atoms with Crippen LogP contribution >= 0.6 is 0 Å². The number of aryl methyl sites for hydroxylation is 2. The highest BCUT2D eigenvalue weighted by molar-refractivity contribution is 5.79. The highest BCUT2D eigenvalue weighted by atomic mass is 16.5. The van der Waals surface area contributed by atoms with E-state index in [4.69, 9.17) is 9.26 Å². The fraction of sp³-hybridized carbons (Fsp3) is 0.810. The van der Waals surface area contributed by atoms with Crippen LogP contribution < -0.4 is 10.6 Å². The molecular formula is C21H37N5O2. The Balaban J connectivity index is 1.61. The number of guanidine groups is 1. The van der Waals surface area contributed by atoms with E-state index in [-0.39, 0.29) is 5.54 Å². The first-order valence-corrected chi connectivity index (χ1v) is 11.0. The fourth-order valence-corrected chi connectivity index (χ4v) is 4.63. The molecule has 0 radical (unpaired) electrons. The summed E-state index contributed by atoms with van der Waals surface area (Å²) in [4.78, 5) is 7.11. The zero-order chi connectivity index (χ0) is 19.8. The van der Waals surface area contributed by atoms with Crippen LogP contribution in [0.4, 0.5) is 0 Å². The Morgan fingerprint density at radius 3 is 2.50 bits per heavy atom. The van der Waals surface area contributed by atoms with Gasteiger partial charge in [-0.1, -0.05) is 38.3 Å². The molecule has 0 atom stereocenters. The molecule has 1 aliphatic heterocycles.